The molecular formula is C12H21F3N2O. The van der Waals surface area contributed by atoms with Crippen molar-refractivity contribution in [1.82, 2.24) is 5.32 Å². The molecule has 0 saturated heterocycles. The minimum atomic E-state index is -4.74. The molecule has 0 aromatic carbocycles. The Bertz CT molecular complexity index is 324. The number of alkyl halides is 3. The molecule has 0 bridgehead atoms. The molecule has 1 amide bonds. The van der Waals surface area contributed by atoms with Gasteiger partial charge in [-0.3, -0.25) is 4.79 Å². The number of carbonyl (C=O) groups excluding carboxylic acids is 1. The van der Waals surface area contributed by atoms with Crippen molar-refractivity contribution in [2.45, 2.75) is 64.2 Å². The van der Waals surface area contributed by atoms with Crippen molar-refractivity contribution >= 4 is 5.91 Å². The number of hydrogen-bond acceptors (Lipinski definition) is 2. The molecule has 0 radical (unpaired) electrons. The summed E-state index contributed by atoms with van der Waals surface area (Å²) in [5.41, 5.74) is 2.09. The fourth-order valence-electron chi connectivity index (χ4n) is 2.20. The van der Waals surface area contributed by atoms with E-state index in [1.807, 2.05) is 13.8 Å². The summed E-state index contributed by atoms with van der Waals surface area (Å²) in [6.07, 6.45) is -1.19. The Balaban J connectivity index is 2.76. The standard InChI is InChI=1S/C12H21F3N2O/c1-10(2)7-5-4-6-8(10)17-9(18)11(3,16)12(13,14)15/h8H,4-7,16H2,1-3H3,(H,17,18). The lowest BCUT2D eigenvalue weighted by atomic mass is 9.73. The molecule has 1 saturated carbocycles. The Morgan fingerprint density at radius 2 is 1.89 bits per heavy atom. The van der Waals surface area contributed by atoms with Gasteiger partial charge in [0.25, 0.3) is 0 Å². The monoisotopic (exact) mass is 266 g/mol. The van der Waals surface area contributed by atoms with E-state index < -0.39 is 17.6 Å². The van der Waals surface area contributed by atoms with Gasteiger partial charge in [-0.05, 0) is 25.2 Å². The molecule has 0 spiro atoms. The topological polar surface area (TPSA) is 55.1 Å². The number of rotatable bonds is 2. The molecule has 0 aromatic heterocycles. The second-order valence-corrected chi connectivity index (χ2v) is 5.96. The van der Waals surface area contributed by atoms with Crippen LogP contribution in [0.15, 0.2) is 0 Å². The summed E-state index contributed by atoms with van der Waals surface area (Å²) in [4.78, 5) is 11.7. The zero-order chi connectivity index (χ0) is 14.2. The number of carbonyl (C=O) groups is 1. The zero-order valence-electron chi connectivity index (χ0n) is 11.0. The second-order valence-electron chi connectivity index (χ2n) is 5.96. The van der Waals surface area contributed by atoms with Gasteiger partial charge in [-0.25, -0.2) is 0 Å². The van der Waals surface area contributed by atoms with E-state index in [4.69, 9.17) is 5.73 Å². The van der Waals surface area contributed by atoms with Gasteiger partial charge in [0.2, 0.25) is 5.91 Å². The number of nitrogens with two attached hydrogens (primary N) is 1. The van der Waals surface area contributed by atoms with Gasteiger partial charge in [0, 0.05) is 6.04 Å². The van der Waals surface area contributed by atoms with Crippen molar-refractivity contribution in [2.75, 3.05) is 0 Å². The lowest BCUT2D eigenvalue weighted by Gasteiger charge is -2.40. The van der Waals surface area contributed by atoms with Crippen LogP contribution < -0.4 is 11.1 Å². The number of nitrogens with one attached hydrogen (secondary N) is 1. The third kappa shape index (κ3) is 2.96. The van der Waals surface area contributed by atoms with E-state index in [9.17, 15) is 18.0 Å². The zero-order valence-corrected chi connectivity index (χ0v) is 11.0. The summed E-state index contributed by atoms with van der Waals surface area (Å²) < 4.78 is 37.9. The van der Waals surface area contributed by atoms with Gasteiger partial charge in [0.1, 0.15) is 0 Å². The molecule has 1 fully saturated rings. The summed E-state index contributed by atoms with van der Waals surface area (Å²) >= 11 is 0. The van der Waals surface area contributed by atoms with Crippen LogP contribution in [0.4, 0.5) is 13.2 Å². The van der Waals surface area contributed by atoms with Crippen molar-refractivity contribution in [1.29, 1.82) is 0 Å². The highest BCUT2D eigenvalue weighted by Gasteiger charge is 2.54. The average molecular weight is 266 g/mol. The Kier molecular flexibility index (Phi) is 4.00. The Morgan fingerprint density at radius 3 is 2.33 bits per heavy atom. The van der Waals surface area contributed by atoms with Crippen molar-refractivity contribution in [3.63, 3.8) is 0 Å². The number of hydrogen-bond donors (Lipinski definition) is 2. The molecule has 1 aliphatic carbocycles. The molecule has 0 aromatic rings. The van der Waals surface area contributed by atoms with Crippen LogP contribution in [0.1, 0.15) is 46.5 Å². The highest BCUT2D eigenvalue weighted by atomic mass is 19.4. The SMILES string of the molecule is CC1(C)CCCCC1NC(=O)C(C)(N)C(F)(F)F. The third-order valence-electron chi connectivity index (χ3n) is 3.87. The van der Waals surface area contributed by atoms with Crippen LogP contribution in [-0.2, 0) is 4.79 Å². The van der Waals surface area contributed by atoms with E-state index >= 15 is 0 Å². The Labute approximate surface area is 105 Å². The first-order chi connectivity index (χ1) is 7.98. The van der Waals surface area contributed by atoms with Gasteiger partial charge in [-0.1, -0.05) is 26.7 Å². The van der Waals surface area contributed by atoms with E-state index in [2.05, 4.69) is 5.32 Å². The smallest absolute Gasteiger partial charge is 0.351 e. The largest absolute Gasteiger partial charge is 0.415 e. The summed E-state index contributed by atoms with van der Waals surface area (Å²) in [6.45, 7) is 4.62. The molecule has 6 heteroatoms. The fourth-order valence-corrected chi connectivity index (χ4v) is 2.20. The molecule has 106 valence electrons. The van der Waals surface area contributed by atoms with E-state index in [1.165, 1.54) is 0 Å². The lowest BCUT2D eigenvalue weighted by molar-refractivity contribution is -0.188. The van der Waals surface area contributed by atoms with Crippen LogP contribution in [0.25, 0.3) is 0 Å². The predicted molar refractivity (Wildman–Crippen MR) is 62.8 cm³/mol. The molecule has 1 rings (SSSR count). The van der Waals surface area contributed by atoms with Gasteiger partial charge in [0.15, 0.2) is 5.54 Å². The van der Waals surface area contributed by atoms with Gasteiger partial charge in [-0.15, -0.1) is 0 Å². The minimum Gasteiger partial charge on any atom is -0.351 e. The van der Waals surface area contributed by atoms with Crippen LogP contribution in [0.2, 0.25) is 0 Å². The van der Waals surface area contributed by atoms with Crippen molar-refractivity contribution in [3.05, 3.63) is 0 Å². The molecule has 0 heterocycles. The van der Waals surface area contributed by atoms with Crippen LogP contribution >= 0.6 is 0 Å². The van der Waals surface area contributed by atoms with Crippen molar-refractivity contribution in [3.8, 4) is 0 Å². The first-order valence-corrected chi connectivity index (χ1v) is 6.15. The van der Waals surface area contributed by atoms with E-state index in [1.54, 1.807) is 0 Å². The van der Waals surface area contributed by atoms with Gasteiger partial charge in [0.05, 0.1) is 0 Å². The molecule has 18 heavy (non-hydrogen) atoms. The molecule has 2 unspecified atom stereocenters. The maximum atomic E-state index is 12.6. The van der Waals surface area contributed by atoms with Crippen molar-refractivity contribution in [2.24, 2.45) is 11.1 Å². The Hall–Kier alpha value is -0.780. The van der Waals surface area contributed by atoms with Gasteiger partial charge >= 0.3 is 6.18 Å². The van der Waals surface area contributed by atoms with Crippen LogP contribution in [-0.4, -0.2) is 23.7 Å². The maximum absolute atomic E-state index is 12.6. The van der Waals surface area contributed by atoms with Crippen LogP contribution in [0.5, 0.6) is 0 Å². The molecule has 3 nitrogen and oxygen atoms in total. The average Bonchev–Trinajstić information content (AvgIpc) is 2.19. The summed E-state index contributed by atoms with van der Waals surface area (Å²) in [7, 11) is 0. The predicted octanol–water partition coefficient (Wildman–Crippen LogP) is 2.35. The van der Waals surface area contributed by atoms with Gasteiger partial charge < -0.3 is 11.1 Å². The highest BCUT2D eigenvalue weighted by molar-refractivity contribution is 5.86. The van der Waals surface area contributed by atoms with Crippen LogP contribution in [0.3, 0.4) is 0 Å². The molecular weight excluding hydrogens is 245 g/mol. The minimum absolute atomic E-state index is 0.185. The fraction of sp³-hybridized carbons (Fsp3) is 0.917. The number of halogens is 3. The highest BCUT2D eigenvalue weighted by Crippen LogP contribution is 2.36. The first kappa shape index (κ1) is 15.3. The first-order valence-electron chi connectivity index (χ1n) is 6.15. The molecule has 1 aliphatic rings. The Morgan fingerprint density at radius 1 is 1.33 bits per heavy atom. The van der Waals surface area contributed by atoms with E-state index in [0.717, 1.165) is 19.3 Å². The maximum Gasteiger partial charge on any atom is 0.415 e. The quantitative estimate of drug-likeness (QED) is 0.806. The third-order valence-corrected chi connectivity index (χ3v) is 3.87. The lowest BCUT2D eigenvalue weighted by Crippen LogP contribution is -2.64. The summed E-state index contributed by atoms with van der Waals surface area (Å²) in [6, 6.07) is -0.246. The normalized spacial score (nSPS) is 27.4. The summed E-state index contributed by atoms with van der Waals surface area (Å²) in [5, 5.41) is 2.47. The number of amides is 1. The molecule has 3 N–H and O–H groups in total. The van der Waals surface area contributed by atoms with Gasteiger partial charge in [-0.2, -0.15) is 13.2 Å². The van der Waals surface area contributed by atoms with E-state index in [-0.39, 0.29) is 11.5 Å². The van der Waals surface area contributed by atoms with Crippen LogP contribution in [0, 0.1) is 5.41 Å². The molecule has 2 atom stereocenters. The molecule has 0 aliphatic heterocycles. The second kappa shape index (κ2) is 4.72. The van der Waals surface area contributed by atoms with Crippen molar-refractivity contribution < 1.29 is 18.0 Å². The summed E-state index contributed by atoms with van der Waals surface area (Å²) in [5.74, 6) is -1.14. The van der Waals surface area contributed by atoms with E-state index in [0.29, 0.717) is 13.3 Å².